The molecule has 19 heavy (non-hydrogen) atoms. The van der Waals surface area contributed by atoms with E-state index in [0.717, 1.165) is 0 Å². The van der Waals surface area contributed by atoms with Crippen molar-refractivity contribution >= 4 is 5.78 Å². The summed E-state index contributed by atoms with van der Waals surface area (Å²) >= 11 is 0. The average Bonchev–Trinajstić information content (AvgIpc) is 2.79. The van der Waals surface area contributed by atoms with Gasteiger partial charge < -0.3 is 4.52 Å². The number of carbonyl (C=O) groups excluding carboxylic acids is 1. The molecular weight excluding hydrogens is 261 g/mol. The molecule has 4 nitrogen and oxygen atoms in total. The number of rotatable bonds is 5. The van der Waals surface area contributed by atoms with E-state index >= 15 is 0 Å². The number of benzene rings is 1. The number of nitrogens with zero attached hydrogens (tertiary/aromatic N) is 2. The van der Waals surface area contributed by atoms with Crippen molar-refractivity contribution in [3.05, 3.63) is 47.4 Å². The Labute approximate surface area is 106 Å². The maximum atomic E-state index is 13.4. The third-order valence-electron chi connectivity index (χ3n) is 2.39. The summed E-state index contributed by atoms with van der Waals surface area (Å²) in [6.07, 6.45) is -3.62. The SMILES string of the molecule is O=C(Cc1nc(Cc2ccccc2F)no1)C(F)F. The van der Waals surface area contributed by atoms with Crippen molar-refractivity contribution in [2.45, 2.75) is 19.3 Å². The van der Waals surface area contributed by atoms with E-state index in [9.17, 15) is 18.0 Å². The van der Waals surface area contributed by atoms with E-state index < -0.39 is 24.4 Å². The molecule has 0 radical (unpaired) electrons. The molecule has 0 spiro atoms. The van der Waals surface area contributed by atoms with Crippen molar-refractivity contribution in [1.82, 2.24) is 10.1 Å². The van der Waals surface area contributed by atoms with E-state index in [-0.39, 0.29) is 18.1 Å². The Bertz CT molecular complexity index is 584. The Kier molecular flexibility index (Phi) is 3.94. The fourth-order valence-corrected chi connectivity index (χ4v) is 1.47. The monoisotopic (exact) mass is 270 g/mol. The molecule has 0 saturated heterocycles. The molecule has 7 heteroatoms. The van der Waals surface area contributed by atoms with E-state index in [1.54, 1.807) is 18.2 Å². The number of Topliss-reactive ketones (excluding diaryl/α,β-unsaturated/α-hetero) is 1. The van der Waals surface area contributed by atoms with Gasteiger partial charge >= 0.3 is 0 Å². The van der Waals surface area contributed by atoms with Crippen molar-refractivity contribution < 1.29 is 22.5 Å². The van der Waals surface area contributed by atoms with E-state index in [2.05, 4.69) is 14.7 Å². The van der Waals surface area contributed by atoms with Gasteiger partial charge in [-0.2, -0.15) is 4.98 Å². The number of alkyl halides is 2. The first-order valence-corrected chi connectivity index (χ1v) is 5.42. The zero-order valence-electron chi connectivity index (χ0n) is 9.65. The Morgan fingerprint density at radius 1 is 1.32 bits per heavy atom. The molecule has 0 bridgehead atoms. The molecule has 0 aliphatic heterocycles. The van der Waals surface area contributed by atoms with Crippen LogP contribution in [-0.2, 0) is 17.6 Å². The molecule has 2 aromatic rings. The van der Waals surface area contributed by atoms with Crippen molar-refractivity contribution in [2.24, 2.45) is 0 Å². The smallest absolute Gasteiger partial charge is 0.296 e. The number of hydrogen-bond donors (Lipinski definition) is 0. The maximum Gasteiger partial charge on any atom is 0.296 e. The van der Waals surface area contributed by atoms with Gasteiger partial charge in [-0.25, -0.2) is 13.2 Å². The fourth-order valence-electron chi connectivity index (χ4n) is 1.47. The fraction of sp³-hybridized carbons (Fsp3) is 0.250. The van der Waals surface area contributed by atoms with Crippen LogP contribution < -0.4 is 0 Å². The van der Waals surface area contributed by atoms with Gasteiger partial charge in [0.25, 0.3) is 6.43 Å². The second kappa shape index (κ2) is 5.64. The summed E-state index contributed by atoms with van der Waals surface area (Å²) in [7, 11) is 0. The highest BCUT2D eigenvalue weighted by atomic mass is 19.3. The number of halogens is 3. The van der Waals surface area contributed by atoms with Gasteiger partial charge in [0.1, 0.15) is 5.82 Å². The van der Waals surface area contributed by atoms with Gasteiger partial charge in [0.15, 0.2) is 5.82 Å². The topological polar surface area (TPSA) is 56.0 Å². The zero-order valence-corrected chi connectivity index (χ0v) is 9.65. The molecule has 0 fully saturated rings. The molecule has 0 aliphatic rings. The van der Waals surface area contributed by atoms with Crippen LogP contribution in [0.5, 0.6) is 0 Å². The van der Waals surface area contributed by atoms with Crippen LogP contribution in [0, 0.1) is 5.82 Å². The van der Waals surface area contributed by atoms with Crippen LogP contribution in [0.15, 0.2) is 28.8 Å². The molecule has 0 unspecified atom stereocenters. The van der Waals surface area contributed by atoms with Crippen LogP contribution in [0.1, 0.15) is 17.3 Å². The van der Waals surface area contributed by atoms with Crippen LogP contribution in [0.2, 0.25) is 0 Å². The largest absolute Gasteiger partial charge is 0.339 e. The summed E-state index contributed by atoms with van der Waals surface area (Å²) in [5, 5.41) is 3.52. The van der Waals surface area contributed by atoms with Crippen LogP contribution >= 0.6 is 0 Å². The van der Waals surface area contributed by atoms with E-state index in [1.807, 2.05) is 0 Å². The average molecular weight is 270 g/mol. The van der Waals surface area contributed by atoms with Crippen LogP contribution in [-0.4, -0.2) is 22.3 Å². The Morgan fingerprint density at radius 3 is 2.74 bits per heavy atom. The first-order valence-electron chi connectivity index (χ1n) is 5.42. The normalized spacial score (nSPS) is 10.9. The van der Waals surface area contributed by atoms with Gasteiger partial charge in [-0.3, -0.25) is 4.79 Å². The second-order valence-corrected chi connectivity index (χ2v) is 3.82. The lowest BCUT2D eigenvalue weighted by atomic mass is 10.1. The Balaban J connectivity index is 2.06. The number of hydrogen-bond acceptors (Lipinski definition) is 4. The molecule has 0 aliphatic carbocycles. The summed E-state index contributed by atoms with van der Waals surface area (Å²) in [5.41, 5.74) is 0.357. The zero-order chi connectivity index (χ0) is 13.8. The third-order valence-corrected chi connectivity index (χ3v) is 2.39. The van der Waals surface area contributed by atoms with Crippen LogP contribution in [0.3, 0.4) is 0 Å². The van der Waals surface area contributed by atoms with E-state index in [4.69, 9.17) is 0 Å². The highest BCUT2D eigenvalue weighted by Gasteiger charge is 2.19. The van der Waals surface area contributed by atoms with Gasteiger partial charge in [-0.15, -0.1) is 0 Å². The summed E-state index contributed by atoms with van der Waals surface area (Å²) in [6, 6.07) is 6.04. The van der Waals surface area contributed by atoms with Crippen molar-refractivity contribution in [2.75, 3.05) is 0 Å². The minimum absolute atomic E-state index is 0.0685. The van der Waals surface area contributed by atoms with Crippen molar-refractivity contribution in [1.29, 1.82) is 0 Å². The summed E-state index contributed by atoms with van der Waals surface area (Å²) in [5.74, 6) is -1.77. The minimum atomic E-state index is -3.07. The second-order valence-electron chi connectivity index (χ2n) is 3.82. The molecule has 1 aromatic carbocycles. The number of ketones is 1. The molecule has 0 atom stereocenters. The predicted octanol–water partition coefficient (Wildman–Crippen LogP) is 2.18. The number of carbonyl (C=O) groups is 1. The van der Waals surface area contributed by atoms with E-state index in [0.29, 0.717) is 5.56 Å². The molecule has 100 valence electrons. The molecule has 1 aromatic heterocycles. The lowest BCUT2D eigenvalue weighted by molar-refractivity contribution is -0.129. The van der Waals surface area contributed by atoms with Crippen molar-refractivity contribution in [3.63, 3.8) is 0 Å². The maximum absolute atomic E-state index is 13.4. The lowest BCUT2D eigenvalue weighted by Gasteiger charge is -1.97. The Morgan fingerprint density at radius 2 is 2.05 bits per heavy atom. The quantitative estimate of drug-likeness (QED) is 0.835. The molecule has 1 heterocycles. The van der Waals surface area contributed by atoms with Gasteiger partial charge in [0, 0.05) is 6.42 Å². The molecule has 0 saturated carbocycles. The summed E-state index contributed by atoms with van der Waals surface area (Å²) in [6.45, 7) is 0. The van der Waals surface area contributed by atoms with Gasteiger partial charge in [0.05, 0.1) is 6.42 Å². The summed E-state index contributed by atoms with van der Waals surface area (Å²) in [4.78, 5) is 14.6. The minimum Gasteiger partial charge on any atom is -0.339 e. The van der Waals surface area contributed by atoms with Crippen molar-refractivity contribution in [3.8, 4) is 0 Å². The van der Waals surface area contributed by atoms with E-state index in [1.165, 1.54) is 6.07 Å². The Hall–Kier alpha value is -2.18. The lowest BCUT2D eigenvalue weighted by Crippen LogP contribution is -2.13. The van der Waals surface area contributed by atoms with Gasteiger partial charge in [-0.05, 0) is 11.6 Å². The first kappa shape index (κ1) is 13.3. The summed E-state index contributed by atoms with van der Waals surface area (Å²) < 4.78 is 42.1. The molecule has 0 amide bonds. The van der Waals surface area contributed by atoms with Crippen LogP contribution in [0.4, 0.5) is 13.2 Å². The van der Waals surface area contributed by atoms with Gasteiger partial charge in [-0.1, -0.05) is 23.4 Å². The first-order chi connectivity index (χ1) is 9.06. The molecule has 0 N–H and O–H groups in total. The number of aromatic nitrogens is 2. The van der Waals surface area contributed by atoms with Crippen LogP contribution in [0.25, 0.3) is 0 Å². The highest BCUT2D eigenvalue weighted by Crippen LogP contribution is 2.11. The molecule has 2 rings (SSSR count). The standard InChI is InChI=1S/C12H9F3N2O2/c13-8-4-2-1-3-7(8)5-10-16-11(19-17-10)6-9(18)12(14)15/h1-4,12H,5-6H2. The third kappa shape index (κ3) is 3.40. The highest BCUT2D eigenvalue weighted by molar-refractivity contribution is 5.82. The molecular formula is C12H9F3N2O2. The predicted molar refractivity (Wildman–Crippen MR) is 58.2 cm³/mol. The van der Waals surface area contributed by atoms with Gasteiger partial charge in [0.2, 0.25) is 11.7 Å².